The smallest absolute Gasteiger partial charge is 0.259 e. The number of phenols is 1. The van der Waals surface area contributed by atoms with Crippen LogP contribution in [0.5, 0.6) is 11.5 Å². The first-order valence-corrected chi connectivity index (χ1v) is 9.53. The van der Waals surface area contributed by atoms with Gasteiger partial charge < -0.3 is 15.2 Å². The molecular formula is C21H16Cl3NO3. The van der Waals surface area contributed by atoms with Gasteiger partial charge in [-0.05, 0) is 29.8 Å². The molecule has 4 nitrogen and oxygen atoms in total. The van der Waals surface area contributed by atoms with Crippen LogP contribution in [0.25, 0.3) is 0 Å². The Morgan fingerprint density at radius 2 is 1.71 bits per heavy atom. The molecule has 3 aromatic rings. The predicted molar refractivity (Wildman–Crippen MR) is 113 cm³/mol. The van der Waals surface area contributed by atoms with Gasteiger partial charge in [-0.1, -0.05) is 65.1 Å². The molecule has 0 radical (unpaired) electrons. The Kier molecular flexibility index (Phi) is 6.68. The third kappa shape index (κ3) is 5.10. The molecule has 1 amide bonds. The quantitative estimate of drug-likeness (QED) is 0.482. The lowest BCUT2D eigenvalue weighted by atomic mass is 10.1. The summed E-state index contributed by atoms with van der Waals surface area (Å²) < 4.78 is 5.75. The van der Waals surface area contributed by atoms with Crippen molar-refractivity contribution >= 4 is 46.4 Å². The Bertz CT molecular complexity index is 994. The fourth-order valence-corrected chi connectivity index (χ4v) is 3.20. The number of ether oxygens (including phenoxy) is 1. The van der Waals surface area contributed by atoms with E-state index < -0.39 is 5.91 Å². The topological polar surface area (TPSA) is 58.6 Å². The van der Waals surface area contributed by atoms with Crippen LogP contribution in [-0.2, 0) is 6.42 Å². The van der Waals surface area contributed by atoms with Crippen LogP contribution in [0.2, 0.25) is 15.1 Å². The van der Waals surface area contributed by atoms with Gasteiger partial charge in [0, 0.05) is 17.5 Å². The van der Waals surface area contributed by atoms with E-state index in [2.05, 4.69) is 5.32 Å². The normalized spacial score (nSPS) is 10.5. The van der Waals surface area contributed by atoms with E-state index in [1.54, 1.807) is 6.07 Å². The summed E-state index contributed by atoms with van der Waals surface area (Å²) in [5, 5.41) is 13.4. The molecular weight excluding hydrogens is 421 g/mol. The highest BCUT2D eigenvalue weighted by molar-refractivity contribution is 6.37. The molecule has 0 fully saturated rings. The first-order chi connectivity index (χ1) is 13.4. The van der Waals surface area contributed by atoms with Crippen LogP contribution in [0.15, 0.2) is 60.7 Å². The van der Waals surface area contributed by atoms with Gasteiger partial charge in [-0.15, -0.1) is 0 Å². The van der Waals surface area contributed by atoms with Crippen molar-refractivity contribution in [2.24, 2.45) is 0 Å². The summed E-state index contributed by atoms with van der Waals surface area (Å²) in [6.45, 7) is 0.411. The van der Waals surface area contributed by atoms with E-state index in [-0.39, 0.29) is 16.3 Å². The second-order valence-electron chi connectivity index (χ2n) is 5.96. The Labute approximate surface area is 177 Å². The minimum atomic E-state index is -0.556. The Morgan fingerprint density at radius 3 is 2.46 bits per heavy atom. The Balaban J connectivity index is 1.73. The molecule has 7 heteroatoms. The van der Waals surface area contributed by atoms with Gasteiger partial charge in [0.15, 0.2) is 0 Å². The van der Waals surface area contributed by atoms with Crippen LogP contribution in [0.1, 0.15) is 15.9 Å². The lowest BCUT2D eigenvalue weighted by Crippen LogP contribution is -2.13. The maximum Gasteiger partial charge on any atom is 0.259 e. The molecule has 144 valence electrons. The number of hydrogen-bond donors (Lipinski definition) is 2. The van der Waals surface area contributed by atoms with Gasteiger partial charge in [0.1, 0.15) is 11.5 Å². The van der Waals surface area contributed by atoms with E-state index in [4.69, 9.17) is 39.5 Å². The van der Waals surface area contributed by atoms with Crippen molar-refractivity contribution in [1.82, 2.24) is 0 Å². The van der Waals surface area contributed by atoms with Crippen molar-refractivity contribution < 1.29 is 14.6 Å². The SMILES string of the molecule is O=C(Nc1cc(OCCc2ccccc2)c(Cl)cc1Cl)c1cc(Cl)ccc1O. The molecule has 0 aromatic heterocycles. The second kappa shape index (κ2) is 9.20. The lowest BCUT2D eigenvalue weighted by Gasteiger charge is -2.13. The second-order valence-corrected chi connectivity index (χ2v) is 7.21. The molecule has 0 aliphatic heterocycles. The zero-order chi connectivity index (χ0) is 20.1. The maximum absolute atomic E-state index is 12.5. The summed E-state index contributed by atoms with van der Waals surface area (Å²) >= 11 is 18.3. The number of halogens is 3. The van der Waals surface area contributed by atoms with Gasteiger partial charge in [0.25, 0.3) is 5.91 Å². The highest BCUT2D eigenvalue weighted by Gasteiger charge is 2.16. The molecule has 0 bridgehead atoms. The molecule has 2 N–H and O–H groups in total. The molecule has 3 rings (SSSR count). The van der Waals surface area contributed by atoms with E-state index in [1.807, 2.05) is 30.3 Å². The van der Waals surface area contributed by atoms with Crippen LogP contribution >= 0.6 is 34.8 Å². The van der Waals surface area contributed by atoms with Crippen molar-refractivity contribution in [1.29, 1.82) is 0 Å². The summed E-state index contributed by atoms with van der Waals surface area (Å²) in [5.41, 5.74) is 1.48. The number of rotatable bonds is 6. The minimum absolute atomic E-state index is 0.0325. The number of aromatic hydroxyl groups is 1. The molecule has 0 heterocycles. The largest absolute Gasteiger partial charge is 0.507 e. The Morgan fingerprint density at radius 1 is 0.964 bits per heavy atom. The summed E-state index contributed by atoms with van der Waals surface area (Å²) in [6.07, 6.45) is 0.706. The standard InChI is InChI=1S/C21H16Cl3NO3/c22-14-6-7-19(26)15(10-14)21(27)25-18-12-20(17(24)11-16(18)23)28-9-8-13-4-2-1-3-5-13/h1-7,10-12,26H,8-9H2,(H,25,27). The van der Waals surface area contributed by atoms with Crippen molar-refractivity contribution in [2.75, 3.05) is 11.9 Å². The van der Waals surface area contributed by atoms with E-state index in [0.717, 1.165) is 5.56 Å². The van der Waals surface area contributed by atoms with Crippen LogP contribution in [0, 0.1) is 0 Å². The van der Waals surface area contributed by atoms with Crippen LogP contribution in [0.4, 0.5) is 5.69 Å². The van der Waals surface area contributed by atoms with Crippen LogP contribution in [-0.4, -0.2) is 17.6 Å². The highest BCUT2D eigenvalue weighted by Crippen LogP contribution is 2.35. The monoisotopic (exact) mass is 435 g/mol. The van der Waals surface area contributed by atoms with E-state index in [0.29, 0.717) is 34.5 Å². The van der Waals surface area contributed by atoms with Crippen LogP contribution < -0.4 is 10.1 Å². The molecule has 28 heavy (non-hydrogen) atoms. The summed E-state index contributed by atoms with van der Waals surface area (Å²) in [7, 11) is 0. The first kappa shape index (κ1) is 20.3. The molecule has 0 saturated heterocycles. The number of phenolic OH excluding ortho intramolecular Hbond substituents is 1. The maximum atomic E-state index is 12.5. The van der Waals surface area contributed by atoms with Crippen molar-refractivity contribution in [3.8, 4) is 11.5 Å². The molecule has 0 aliphatic carbocycles. The Hall–Kier alpha value is -2.40. The summed E-state index contributed by atoms with van der Waals surface area (Å²) in [5.74, 6) is -0.349. The van der Waals surface area contributed by atoms with E-state index in [9.17, 15) is 9.90 Å². The number of carbonyl (C=O) groups is 1. The molecule has 0 atom stereocenters. The van der Waals surface area contributed by atoms with Gasteiger partial charge in [-0.3, -0.25) is 4.79 Å². The fraction of sp³-hybridized carbons (Fsp3) is 0.0952. The average Bonchev–Trinajstić information content (AvgIpc) is 2.68. The van der Waals surface area contributed by atoms with E-state index >= 15 is 0 Å². The number of amides is 1. The summed E-state index contributed by atoms with van der Waals surface area (Å²) in [6, 6.07) is 17.1. The summed E-state index contributed by atoms with van der Waals surface area (Å²) in [4.78, 5) is 12.5. The first-order valence-electron chi connectivity index (χ1n) is 8.39. The van der Waals surface area contributed by atoms with Gasteiger partial charge in [-0.25, -0.2) is 0 Å². The molecule has 3 aromatic carbocycles. The van der Waals surface area contributed by atoms with Crippen molar-refractivity contribution in [3.63, 3.8) is 0 Å². The van der Waals surface area contributed by atoms with Gasteiger partial charge in [0.2, 0.25) is 0 Å². The van der Waals surface area contributed by atoms with Crippen molar-refractivity contribution in [2.45, 2.75) is 6.42 Å². The van der Waals surface area contributed by atoms with E-state index in [1.165, 1.54) is 24.3 Å². The molecule has 0 spiro atoms. The molecule has 0 aliphatic rings. The van der Waals surface area contributed by atoms with Crippen molar-refractivity contribution in [3.05, 3.63) is 86.9 Å². The number of nitrogens with one attached hydrogen (secondary N) is 1. The van der Waals surface area contributed by atoms with Crippen LogP contribution in [0.3, 0.4) is 0 Å². The van der Waals surface area contributed by atoms with Gasteiger partial charge in [-0.2, -0.15) is 0 Å². The minimum Gasteiger partial charge on any atom is -0.507 e. The van der Waals surface area contributed by atoms with Gasteiger partial charge in [0.05, 0.1) is 27.9 Å². The fourth-order valence-electron chi connectivity index (χ4n) is 2.54. The third-order valence-corrected chi connectivity index (χ3v) is 4.81. The number of benzene rings is 3. The molecule has 0 saturated carbocycles. The lowest BCUT2D eigenvalue weighted by molar-refractivity contribution is 0.102. The molecule has 0 unspecified atom stereocenters. The highest BCUT2D eigenvalue weighted by atomic mass is 35.5. The zero-order valence-corrected chi connectivity index (χ0v) is 16.9. The number of anilines is 1. The number of carbonyl (C=O) groups excluding carboxylic acids is 1. The number of hydrogen-bond acceptors (Lipinski definition) is 3. The average molecular weight is 437 g/mol. The zero-order valence-electron chi connectivity index (χ0n) is 14.6. The van der Waals surface area contributed by atoms with Gasteiger partial charge >= 0.3 is 0 Å². The third-order valence-electron chi connectivity index (χ3n) is 3.96. The predicted octanol–water partition coefficient (Wildman–Crippen LogP) is 6.23.